The van der Waals surface area contributed by atoms with Crippen molar-refractivity contribution >= 4 is 11.8 Å². The summed E-state index contributed by atoms with van der Waals surface area (Å²) in [6, 6.07) is 19.2. The fraction of sp³-hybridized carbons (Fsp3) is 0.269. The summed E-state index contributed by atoms with van der Waals surface area (Å²) in [6.45, 7) is 0.321. The summed E-state index contributed by atoms with van der Waals surface area (Å²) in [5.41, 5.74) is 3.55. The fourth-order valence-electron chi connectivity index (χ4n) is 5.00. The maximum absolute atomic E-state index is 13.2. The van der Waals surface area contributed by atoms with Gasteiger partial charge in [-0.15, -0.1) is 0 Å². The number of pyridine rings is 1. The summed E-state index contributed by atoms with van der Waals surface area (Å²) < 4.78 is 13.2. The monoisotopic (exact) mass is 445 g/mol. The van der Waals surface area contributed by atoms with Crippen LogP contribution in [0.3, 0.4) is 0 Å². The molecule has 0 aliphatic carbocycles. The molecule has 2 aliphatic rings. The van der Waals surface area contributed by atoms with Crippen molar-refractivity contribution in [1.29, 1.82) is 0 Å². The quantitative estimate of drug-likeness (QED) is 0.655. The van der Waals surface area contributed by atoms with Crippen molar-refractivity contribution in [3.63, 3.8) is 0 Å². The second-order valence-corrected chi connectivity index (χ2v) is 8.55. The Hall–Kier alpha value is -3.58. The topological polar surface area (TPSA) is 73.7 Å². The van der Waals surface area contributed by atoms with Crippen LogP contribution in [-0.4, -0.2) is 63.5 Å². The number of carbonyl (C=O) groups excluding carboxylic acids is 2. The average molecular weight is 445 g/mol. The zero-order chi connectivity index (χ0) is 22.9. The van der Waals surface area contributed by atoms with Crippen molar-refractivity contribution in [2.75, 3.05) is 19.7 Å². The molecule has 168 valence electrons. The summed E-state index contributed by atoms with van der Waals surface area (Å²) in [7, 11) is 0. The third-order valence-electron chi connectivity index (χ3n) is 6.64. The Morgan fingerprint density at radius 2 is 1.73 bits per heavy atom. The number of piperazine rings is 1. The van der Waals surface area contributed by atoms with Crippen molar-refractivity contribution in [1.82, 2.24) is 14.8 Å². The van der Waals surface area contributed by atoms with Crippen LogP contribution >= 0.6 is 0 Å². The molecule has 1 aromatic heterocycles. The number of hydrogen-bond donors (Lipinski definition) is 1. The second kappa shape index (κ2) is 8.75. The van der Waals surface area contributed by atoms with Crippen molar-refractivity contribution in [2.24, 2.45) is 0 Å². The summed E-state index contributed by atoms with van der Waals surface area (Å²) in [4.78, 5) is 33.2. The van der Waals surface area contributed by atoms with Crippen LogP contribution in [0.2, 0.25) is 0 Å². The second-order valence-electron chi connectivity index (χ2n) is 8.55. The van der Waals surface area contributed by atoms with E-state index < -0.39 is 0 Å². The highest BCUT2D eigenvalue weighted by molar-refractivity contribution is 5.88. The van der Waals surface area contributed by atoms with Gasteiger partial charge in [-0.25, -0.2) is 4.39 Å². The highest BCUT2D eigenvalue weighted by Crippen LogP contribution is 2.43. The minimum Gasteiger partial charge on any atom is -0.394 e. The number of nitrogens with zero attached hydrogens (tertiary/aromatic N) is 3. The molecule has 2 saturated heterocycles. The molecular formula is C26H24FN3O3. The van der Waals surface area contributed by atoms with Crippen LogP contribution in [0.25, 0.3) is 11.1 Å². The Labute approximate surface area is 191 Å². The molecule has 3 heterocycles. The Balaban J connectivity index is 1.34. The zero-order valence-electron chi connectivity index (χ0n) is 18.0. The van der Waals surface area contributed by atoms with Gasteiger partial charge in [-0.05, 0) is 41.0 Å². The van der Waals surface area contributed by atoms with Crippen molar-refractivity contribution in [3.05, 3.63) is 90.0 Å². The highest BCUT2D eigenvalue weighted by Gasteiger charge is 2.54. The first-order valence-electron chi connectivity index (χ1n) is 11.0. The van der Waals surface area contributed by atoms with Crippen LogP contribution < -0.4 is 0 Å². The van der Waals surface area contributed by atoms with Crippen molar-refractivity contribution in [3.8, 4) is 11.1 Å². The van der Waals surface area contributed by atoms with E-state index in [0.717, 1.165) is 16.7 Å². The summed E-state index contributed by atoms with van der Waals surface area (Å²) >= 11 is 0. The molecule has 0 spiro atoms. The first-order chi connectivity index (χ1) is 16.0. The molecule has 0 unspecified atom stereocenters. The lowest BCUT2D eigenvalue weighted by Crippen LogP contribution is -2.73. The van der Waals surface area contributed by atoms with Crippen LogP contribution in [0.1, 0.15) is 17.2 Å². The van der Waals surface area contributed by atoms with Gasteiger partial charge in [0, 0.05) is 24.4 Å². The first-order valence-corrected chi connectivity index (χ1v) is 11.0. The van der Waals surface area contributed by atoms with Gasteiger partial charge in [0.25, 0.3) is 0 Å². The lowest BCUT2D eigenvalue weighted by atomic mass is 9.73. The lowest BCUT2D eigenvalue weighted by molar-refractivity contribution is -0.166. The van der Waals surface area contributed by atoms with Crippen LogP contribution in [0, 0.1) is 5.82 Å². The number of carbonyl (C=O) groups is 2. The molecule has 3 aromatic rings. The number of aromatic nitrogens is 1. The molecule has 2 aliphatic heterocycles. The largest absolute Gasteiger partial charge is 0.394 e. The number of rotatable bonds is 5. The van der Waals surface area contributed by atoms with Crippen LogP contribution in [0.4, 0.5) is 4.39 Å². The van der Waals surface area contributed by atoms with E-state index in [1.807, 2.05) is 30.3 Å². The van der Waals surface area contributed by atoms with E-state index in [1.165, 1.54) is 12.1 Å². The number of benzene rings is 2. The SMILES string of the molecule is O=C(Cc1ccccn1)N1CC(=O)N2[C@H](CO)[C@@H](c3ccc(-c4ccc(F)cc4)cc3)[C@@H]2C1. The molecule has 2 aromatic carbocycles. The highest BCUT2D eigenvalue weighted by atomic mass is 19.1. The summed E-state index contributed by atoms with van der Waals surface area (Å²) in [6.07, 6.45) is 1.80. The average Bonchev–Trinajstić information content (AvgIpc) is 2.82. The molecular weight excluding hydrogens is 421 g/mol. The molecule has 7 heteroatoms. The first kappa shape index (κ1) is 21.3. The number of amides is 2. The third kappa shape index (κ3) is 4.00. The number of aliphatic hydroxyl groups excluding tert-OH is 1. The van der Waals surface area contributed by atoms with E-state index in [0.29, 0.717) is 12.2 Å². The molecule has 2 amide bonds. The molecule has 0 radical (unpaired) electrons. The van der Waals surface area contributed by atoms with Gasteiger partial charge < -0.3 is 14.9 Å². The maximum Gasteiger partial charge on any atom is 0.242 e. The zero-order valence-corrected chi connectivity index (χ0v) is 18.0. The Kier molecular flexibility index (Phi) is 5.64. The predicted molar refractivity (Wildman–Crippen MR) is 121 cm³/mol. The Morgan fingerprint density at radius 3 is 2.36 bits per heavy atom. The van der Waals surface area contributed by atoms with Gasteiger partial charge in [0.1, 0.15) is 5.82 Å². The standard InChI is InChI=1S/C26H24FN3O3/c27-20-10-8-18(9-11-20)17-4-6-19(7-5-17)26-22-14-29(15-25(33)30(22)23(26)16-31)24(32)13-21-3-1-2-12-28-21/h1-12,22-23,26,31H,13-16H2/t22-,23+,26-/m0/s1. The summed E-state index contributed by atoms with van der Waals surface area (Å²) in [5, 5.41) is 9.98. The Bertz CT molecular complexity index is 1150. The van der Waals surface area contributed by atoms with Crippen LogP contribution in [0.5, 0.6) is 0 Å². The molecule has 0 bridgehead atoms. The molecule has 0 saturated carbocycles. The van der Waals surface area contributed by atoms with Gasteiger partial charge in [0.15, 0.2) is 0 Å². The number of fused-ring (bicyclic) bond motifs is 1. The van der Waals surface area contributed by atoms with Gasteiger partial charge in [-0.2, -0.15) is 0 Å². The molecule has 6 nitrogen and oxygen atoms in total. The maximum atomic E-state index is 13.2. The minimum atomic E-state index is -0.299. The molecule has 5 rings (SSSR count). The lowest BCUT2D eigenvalue weighted by Gasteiger charge is -2.58. The smallest absolute Gasteiger partial charge is 0.242 e. The predicted octanol–water partition coefficient (Wildman–Crippen LogP) is 2.63. The van der Waals surface area contributed by atoms with Crippen molar-refractivity contribution < 1.29 is 19.1 Å². The van der Waals surface area contributed by atoms with E-state index >= 15 is 0 Å². The van der Waals surface area contributed by atoms with Crippen LogP contribution in [-0.2, 0) is 16.0 Å². The summed E-state index contributed by atoms with van der Waals surface area (Å²) in [5.74, 6) is -0.607. The van der Waals surface area contributed by atoms with Gasteiger partial charge >= 0.3 is 0 Å². The van der Waals surface area contributed by atoms with Crippen LogP contribution in [0.15, 0.2) is 72.9 Å². The normalized spacial score (nSPS) is 22.0. The van der Waals surface area contributed by atoms with E-state index in [9.17, 15) is 19.1 Å². The van der Waals surface area contributed by atoms with Gasteiger partial charge in [-0.3, -0.25) is 14.6 Å². The number of hydrogen-bond acceptors (Lipinski definition) is 4. The third-order valence-corrected chi connectivity index (χ3v) is 6.64. The van der Waals surface area contributed by atoms with E-state index in [1.54, 1.807) is 40.3 Å². The molecule has 1 N–H and O–H groups in total. The number of halogens is 1. The van der Waals surface area contributed by atoms with Gasteiger partial charge in [0.05, 0.1) is 31.7 Å². The van der Waals surface area contributed by atoms with Gasteiger partial charge in [0.2, 0.25) is 11.8 Å². The molecule has 33 heavy (non-hydrogen) atoms. The molecule has 2 fully saturated rings. The minimum absolute atomic E-state index is 0.0227. The van der Waals surface area contributed by atoms with E-state index in [2.05, 4.69) is 4.98 Å². The number of aliphatic hydroxyl groups is 1. The van der Waals surface area contributed by atoms with Gasteiger partial charge in [-0.1, -0.05) is 42.5 Å². The van der Waals surface area contributed by atoms with E-state index in [4.69, 9.17) is 0 Å². The Morgan fingerprint density at radius 1 is 1.03 bits per heavy atom. The fourth-order valence-corrected chi connectivity index (χ4v) is 5.00. The van der Waals surface area contributed by atoms with Crippen molar-refractivity contribution in [2.45, 2.75) is 24.4 Å². The molecule has 3 atom stereocenters. The van der Waals surface area contributed by atoms with E-state index in [-0.39, 0.29) is 55.2 Å².